The molecular weight excluding hydrogens is 247 g/mol. The molecule has 0 radical (unpaired) electrons. The Morgan fingerprint density at radius 1 is 1.50 bits per heavy atom. The van der Waals surface area contributed by atoms with E-state index in [4.69, 9.17) is 4.74 Å². The minimum absolute atomic E-state index is 0.0627. The van der Waals surface area contributed by atoms with Crippen LogP contribution in [0.15, 0.2) is 6.20 Å². The molecule has 0 amide bonds. The van der Waals surface area contributed by atoms with E-state index in [0.717, 1.165) is 0 Å². The Balaban J connectivity index is 2.35. The fourth-order valence-corrected chi connectivity index (χ4v) is 1.92. The van der Waals surface area contributed by atoms with Gasteiger partial charge in [-0.3, -0.25) is 0 Å². The number of nitrogens with zero attached hydrogens (tertiary/aromatic N) is 2. The van der Waals surface area contributed by atoms with Crippen molar-refractivity contribution in [3.05, 3.63) is 23.3 Å². The first kappa shape index (κ1) is 13.2. The molecular formula is C11H14F3N3O. The van der Waals surface area contributed by atoms with Gasteiger partial charge in [-0.05, 0) is 13.5 Å². The zero-order valence-electron chi connectivity index (χ0n) is 9.92. The van der Waals surface area contributed by atoms with Crippen LogP contribution < -0.4 is 5.32 Å². The van der Waals surface area contributed by atoms with E-state index >= 15 is 0 Å². The summed E-state index contributed by atoms with van der Waals surface area (Å²) in [5.74, 6) is 0.0920. The lowest BCUT2D eigenvalue weighted by molar-refractivity contribution is -0.142. The average Bonchev–Trinajstić information content (AvgIpc) is 2.82. The molecule has 1 N–H and O–H groups in total. The van der Waals surface area contributed by atoms with Gasteiger partial charge in [-0.25, -0.2) is 9.97 Å². The molecule has 0 saturated carbocycles. The second kappa shape index (κ2) is 5.19. The van der Waals surface area contributed by atoms with Crippen LogP contribution in [0, 0.1) is 0 Å². The fraction of sp³-hybridized carbons (Fsp3) is 0.636. The van der Waals surface area contributed by atoms with Gasteiger partial charge in [0.25, 0.3) is 0 Å². The van der Waals surface area contributed by atoms with E-state index in [1.807, 2.05) is 0 Å². The van der Waals surface area contributed by atoms with E-state index in [2.05, 4.69) is 15.3 Å². The van der Waals surface area contributed by atoms with Gasteiger partial charge in [0.05, 0.1) is 6.61 Å². The molecule has 18 heavy (non-hydrogen) atoms. The molecule has 0 aliphatic carbocycles. The van der Waals surface area contributed by atoms with Crippen molar-refractivity contribution in [1.82, 2.24) is 15.3 Å². The topological polar surface area (TPSA) is 47.0 Å². The van der Waals surface area contributed by atoms with Gasteiger partial charge in [0.2, 0.25) is 0 Å². The molecule has 0 aromatic carbocycles. The van der Waals surface area contributed by atoms with E-state index in [9.17, 15) is 13.2 Å². The van der Waals surface area contributed by atoms with Crippen LogP contribution in [-0.4, -0.2) is 30.2 Å². The predicted molar refractivity (Wildman–Crippen MR) is 58.0 cm³/mol. The molecule has 2 heterocycles. The summed E-state index contributed by atoms with van der Waals surface area (Å²) in [6.45, 7) is 1.03. The zero-order valence-corrected chi connectivity index (χ0v) is 9.92. The highest BCUT2D eigenvalue weighted by atomic mass is 19.4. The lowest BCUT2D eigenvalue weighted by Crippen LogP contribution is -2.19. The van der Waals surface area contributed by atoms with E-state index < -0.39 is 11.9 Å². The van der Waals surface area contributed by atoms with Gasteiger partial charge in [0.15, 0.2) is 5.69 Å². The maximum Gasteiger partial charge on any atom is 0.433 e. The van der Waals surface area contributed by atoms with Crippen LogP contribution in [0.5, 0.6) is 0 Å². The molecule has 100 valence electrons. The Bertz CT molecular complexity index is 416. The largest absolute Gasteiger partial charge is 0.433 e. The van der Waals surface area contributed by atoms with Gasteiger partial charge in [-0.1, -0.05) is 0 Å². The second-order valence-corrected chi connectivity index (χ2v) is 4.19. The molecule has 1 aliphatic rings. The van der Waals surface area contributed by atoms with Crippen molar-refractivity contribution in [3.8, 4) is 0 Å². The highest BCUT2D eigenvalue weighted by Gasteiger charge is 2.36. The third-order valence-electron chi connectivity index (χ3n) is 2.81. The third kappa shape index (κ3) is 2.78. The molecule has 1 atom stereocenters. The highest BCUT2D eigenvalue weighted by Crippen LogP contribution is 2.32. The number of hydrogen-bond acceptors (Lipinski definition) is 4. The molecule has 1 aliphatic heterocycles. The van der Waals surface area contributed by atoms with E-state index in [1.54, 1.807) is 7.05 Å². The van der Waals surface area contributed by atoms with Crippen molar-refractivity contribution in [3.63, 3.8) is 0 Å². The third-order valence-corrected chi connectivity index (χ3v) is 2.81. The fourth-order valence-electron chi connectivity index (χ4n) is 1.92. The van der Waals surface area contributed by atoms with Gasteiger partial charge in [0.1, 0.15) is 5.82 Å². The first-order valence-corrected chi connectivity index (χ1v) is 5.67. The lowest BCUT2D eigenvalue weighted by atomic mass is 10.1. The van der Waals surface area contributed by atoms with E-state index in [1.165, 1.54) is 6.20 Å². The zero-order chi connectivity index (χ0) is 13.2. The van der Waals surface area contributed by atoms with Crippen LogP contribution in [0.4, 0.5) is 13.2 Å². The number of halogens is 3. The summed E-state index contributed by atoms with van der Waals surface area (Å²) in [4.78, 5) is 7.71. The van der Waals surface area contributed by atoms with Crippen molar-refractivity contribution >= 4 is 0 Å². The van der Waals surface area contributed by atoms with Crippen molar-refractivity contribution in [2.45, 2.75) is 25.1 Å². The Morgan fingerprint density at radius 2 is 2.28 bits per heavy atom. The van der Waals surface area contributed by atoms with Crippen LogP contribution >= 0.6 is 0 Å². The normalized spacial score (nSPS) is 20.3. The van der Waals surface area contributed by atoms with Crippen LogP contribution in [0.3, 0.4) is 0 Å². The van der Waals surface area contributed by atoms with Crippen molar-refractivity contribution < 1.29 is 17.9 Å². The van der Waals surface area contributed by atoms with Gasteiger partial charge >= 0.3 is 6.18 Å². The summed E-state index contributed by atoms with van der Waals surface area (Å²) in [6, 6.07) is 0. The van der Waals surface area contributed by atoms with E-state index in [0.29, 0.717) is 19.6 Å². The summed E-state index contributed by atoms with van der Waals surface area (Å²) in [6.07, 6.45) is -2.54. The maximum absolute atomic E-state index is 12.9. The number of rotatable bonds is 3. The van der Waals surface area contributed by atoms with Gasteiger partial charge in [-0.15, -0.1) is 0 Å². The van der Waals surface area contributed by atoms with Gasteiger partial charge in [-0.2, -0.15) is 13.2 Å². The van der Waals surface area contributed by atoms with Crippen LogP contribution in [0.1, 0.15) is 29.4 Å². The first-order chi connectivity index (χ1) is 8.52. The predicted octanol–water partition coefficient (Wildman–Crippen LogP) is 1.72. The minimum atomic E-state index is -4.46. The van der Waals surface area contributed by atoms with Crippen LogP contribution in [-0.2, 0) is 17.5 Å². The van der Waals surface area contributed by atoms with Crippen molar-refractivity contribution in [2.75, 3.05) is 20.3 Å². The molecule has 4 nitrogen and oxygen atoms in total. The molecule has 2 rings (SSSR count). The number of nitrogens with one attached hydrogen (secondary N) is 1. The van der Waals surface area contributed by atoms with Crippen molar-refractivity contribution in [2.24, 2.45) is 0 Å². The Hall–Kier alpha value is -1.21. The first-order valence-electron chi connectivity index (χ1n) is 5.67. The quantitative estimate of drug-likeness (QED) is 0.900. The Kier molecular flexibility index (Phi) is 3.82. The SMILES string of the molecule is CNCc1cnc(C2CCOC2)nc1C(F)(F)F. The summed E-state index contributed by atoms with van der Waals surface area (Å²) in [5, 5.41) is 2.68. The summed E-state index contributed by atoms with van der Waals surface area (Å²) >= 11 is 0. The number of ether oxygens (including phenoxy) is 1. The number of aromatic nitrogens is 2. The van der Waals surface area contributed by atoms with Crippen molar-refractivity contribution in [1.29, 1.82) is 0 Å². The molecule has 0 bridgehead atoms. The summed E-state index contributed by atoms with van der Waals surface area (Å²) in [5.41, 5.74) is -0.790. The molecule has 1 fully saturated rings. The lowest BCUT2D eigenvalue weighted by Gasteiger charge is -2.14. The highest BCUT2D eigenvalue weighted by molar-refractivity contribution is 5.21. The molecule has 1 unspecified atom stereocenters. The summed E-state index contributed by atoms with van der Waals surface area (Å²) in [7, 11) is 1.58. The molecule has 0 spiro atoms. The molecule has 1 saturated heterocycles. The average molecular weight is 261 g/mol. The van der Waals surface area contributed by atoms with E-state index in [-0.39, 0.29) is 23.9 Å². The van der Waals surface area contributed by atoms with Gasteiger partial charge in [0, 0.05) is 30.8 Å². The number of hydrogen-bond donors (Lipinski definition) is 1. The second-order valence-electron chi connectivity index (χ2n) is 4.19. The van der Waals surface area contributed by atoms with Crippen LogP contribution in [0.2, 0.25) is 0 Å². The minimum Gasteiger partial charge on any atom is -0.381 e. The maximum atomic E-state index is 12.9. The molecule has 7 heteroatoms. The Morgan fingerprint density at radius 3 is 2.83 bits per heavy atom. The summed E-state index contributed by atoms with van der Waals surface area (Å²) < 4.78 is 43.8. The monoisotopic (exact) mass is 261 g/mol. The molecule has 1 aromatic heterocycles. The van der Waals surface area contributed by atoms with Gasteiger partial charge < -0.3 is 10.1 Å². The molecule has 1 aromatic rings. The Labute approximate surface area is 103 Å². The standard InChI is InChI=1S/C11H14F3N3O/c1-15-4-8-5-16-10(7-2-3-18-6-7)17-9(8)11(12,13)14/h5,7,15H,2-4,6H2,1H3. The van der Waals surface area contributed by atoms with Crippen LogP contribution in [0.25, 0.3) is 0 Å². The smallest absolute Gasteiger partial charge is 0.381 e. The number of alkyl halides is 3.